The summed E-state index contributed by atoms with van der Waals surface area (Å²) in [5.74, 6) is 0.816. The van der Waals surface area contributed by atoms with Gasteiger partial charge in [-0.2, -0.15) is 0 Å². The maximum absolute atomic E-state index is 11.8. The van der Waals surface area contributed by atoms with Crippen LogP contribution in [0.2, 0.25) is 0 Å². The summed E-state index contributed by atoms with van der Waals surface area (Å²) in [5, 5.41) is 2.91. The Labute approximate surface area is 89.3 Å². The Morgan fingerprint density at radius 3 is 2.93 bits per heavy atom. The third-order valence-corrected chi connectivity index (χ3v) is 1.91. The number of rotatable bonds is 5. The molecule has 0 bridgehead atoms. The van der Waals surface area contributed by atoms with Crippen molar-refractivity contribution in [3.63, 3.8) is 0 Å². The minimum Gasteiger partial charge on any atom is -0.364 e. The van der Waals surface area contributed by atoms with Crippen LogP contribution < -0.4 is 16.6 Å². The highest BCUT2D eigenvalue weighted by Gasteiger charge is 2.04. The van der Waals surface area contributed by atoms with Crippen molar-refractivity contribution < 1.29 is 0 Å². The summed E-state index contributed by atoms with van der Waals surface area (Å²) in [5.41, 5.74) is 5.26. The van der Waals surface area contributed by atoms with Gasteiger partial charge in [0.05, 0.1) is 0 Å². The predicted molar refractivity (Wildman–Crippen MR) is 60.9 cm³/mol. The van der Waals surface area contributed by atoms with Crippen molar-refractivity contribution in [1.29, 1.82) is 0 Å². The van der Waals surface area contributed by atoms with Gasteiger partial charge in [0, 0.05) is 32.0 Å². The molecular formula is C10H18N4O. The minimum absolute atomic E-state index is 0.0837. The molecule has 0 unspecified atom stereocenters. The maximum Gasteiger partial charge on any atom is 0.293 e. The monoisotopic (exact) mass is 210 g/mol. The van der Waals surface area contributed by atoms with Crippen LogP contribution in [-0.2, 0) is 6.54 Å². The van der Waals surface area contributed by atoms with Crippen LogP contribution in [0.3, 0.4) is 0 Å². The molecule has 0 aliphatic carbocycles. The molecule has 5 heteroatoms. The van der Waals surface area contributed by atoms with Crippen molar-refractivity contribution in [2.24, 2.45) is 11.7 Å². The van der Waals surface area contributed by atoms with E-state index in [1.54, 1.807) is 17.0 Å². The molecule has 0 spiro atoms. The van der Waals surface area contributed by atoms with Crippen LogP contribution in [0.4, 0.5) is 5.82 Å². The number of aromatic nitrogens is 2. The van der Waals surface area contributed by atoms with Gasteiger partial charge in [-0.15, -0.1) is 0 Å². The predicted octanol–water partition coefficient (Wildman–Crippen LogP) is 0.270. The smallest absolute Gasteiger partial charge is 0.293 e. The molecule has 0 atom stereocenters. The second kappa shape index (κ2) is 5.50. The van der Waals surface area contributed by atoms with E-state index in [2.05, 4.69) is 24.1 Å². The Kier molecular flexibility index (Phi) is 4.30. The molecule has 0 fully saturated rings. The van der Waals surface area contributed by atoms with Crippen LogP contribution in [0, 0.1) is 5.92 Å². The van der Waals surface area contributed by atoms with E-state index >= 15 is 0 Å². The van der Waals surface area contributed by atoms with E-state index < -0.39 is 0 Å². The Morgan fingerprint density at radius 2 is 2.33 bits per heavy atom. The first-order valence-corrected chi connectivity index (χ1v) is 5.14. The lowest BCUT2D eigenvalue weighted by Gasteiger charge is -2.10. The van der Waals surface area contributed by atoms with E-state index in [1.807, 2.05) is 0 Å². The van der Waals surface area contributed by atoms with Crippen LogP contribution in [0.5, 0.6) is 0 Å². The molecule has 1 aromatic rings. The van der Waals surface area contributed by atoms with Crippen LogP contribution in [-0.4, -0.2) is 22.6 Å². The van der Waals surface area contributed by atoms with Crippen molar-refractivity contribution in [2.45, 2.75) is 20.4 Å². The molecule has 84 valence electrons. The van der Waals surface area contributed by atoms with Gasteiger partial charge in [-0.25, -0.2) is 4.98 Å². The summed E-state index contributed by atoms with van der Waals surface area (Å²) >= 11 is 0. The van der Waals surface area contributed by atoms with Gasteiger partial charge in [-0.1, -0.05) is 13.8 Å². The Bertz CT molecular complexity index is 359. The third-order valence-electron chi connectivity index (χ3n) is 1.91. The Hall–Kier alpha value is -1.36. The van der Waals surface area contributed by atoms with E-state index in [4.69, 9.17) is 5.73 Å². The highest BCUT2D eigenvalue weighted by atomic mass is 16.1. The van der Waals surface area contributed by atoms with Crippen molar-refractivity contribution >= 4 is 5.82 Å². The van der Waals surface area contributed by atoms with Crippen molar-refractivity contribution in [2.75, 3.05) is 18.4 Å². The average Bonchev–Trinajstić information content (AvgIpc) is 2.19. The quantitative estimate of drug-likeness (QED) is 0.731. The van der Waals surface area contributed by atoms with Gasteiger partial charge < -0.3 is 15.6 Å². The van der Waals surface area contributed by atoms with Crippen LogP contribution >= 0.6 is 0 Å². The van der Waals surface area contributed by atoms with Gasteiger partial charge in [0.25, 0.3) is 5.56 Å². The molecule has 1 aromatic heterocycles. The fraction of sp³-hybridized carbons (Fsp3) is 0.600. The number of hydrogen-bond donors (Lipinski definition) is 2. The first-order chi connectivity index (χ1) is 7.15. The summed E-state index contributed by atoms with van der Waals surface area (Å²) in [6, 6.07) is 0. The summed E-state index contributed by atoms with van der Waals surface area (Å²) < 4.78 is 1.66. The largest absolute Gasteiger partial charge is 0.364 e. The van der Waals surface area contributed by atoms with E-state index in [-0.39, 0.29) is 5.56 Å². The SMILES string of the molecule is CC(C)Cn1ccnc(NCCN)c1=O. The van der Waals surface area contributed by atoms with E-state index in [0.29, 0.717) is 31.4 Å². The van der Waals surface area contributed by atoms with Crippen LogP contribution in [0.15, 0.2) is 17.2 Å². The van der Waals surface area contributed by atoms with Crippen molar-refractivity contribution in [3.8, 4) is 0 Å². The Balaban J connectivity index is 2.85. The lowest BCUT2D eigenvalue weighted by Crippen LogP contribution is -2.27. The second-order valence-electron chi connectivity index (χ2n) is 3.84. The molecule has 0 radical (unpaired) electrons. The zero-order valence-electron chi connectivity index (χ0n) is 9.23. The fourth-order valence-corrected chi connectivity index (χ4v) is 1.30. The third kappa shape index (κ3) is 3.36. The molecule has 3 N–H and O–H groups in total. The lowest BCUT2D eigenvalue weighted by atomic mass is 10.2. The molecule has 15 heavy (non-hydrogen) atoms. The molecule has 0 aliphatic rings. The van der Waals surface area contributed by atoms with Gasteiger partial charge in [0.2, 0.25) is 0 Å². The normalized spacial score (nSPS) is 10.7. The molecule has 0 aromatic carbocycles. The highest BCUT2D eigenvalue weighted by Crippen LogP contribution is 1.97. The molecular weight excluding hydrogens is 192 g/mol. The number of anilines is 1. The standard InChI is InChI=1S/C10H18N4O/c1-8(2)7-14-6-5-13-9(10(14)15)12-4-3-11/h5-6,8H,3-4,7,11H2,1-2H3,(H,12,13). The van der Waals surface area contributed by atoms with Gasteiger partial charge in [-0.3, -0.25) is 4.79 Å². The van der Waals surface area contributed by atoms with Gasteiger partial charge in [0.15, 0.2) is 5.82 Å². The van der Waals surface area contributed by atoms with Crippen molar-refractivity contribution in [3.05, 3.63) is 22.7 Å². The van der Waals surface area contributed by atoms with E-state index in [9.17, 15) is 4.79 Å². The number of nitrogens with zero attached hydrogens (tertiary/aromatic N) is 2. The minimum atomic E-state index is -0.0837. The lowest BCUT2D eigenvalue weighted by molar-refractivity contribution is 0.509. The zero-order valence-corrected chi connectivity index (χ0v) is 9.23. The van der Waals surface area contributed by atoms with Gasteiger partial charge in [-0.05, 0) is 5.92 Å². The molecule has 5 nitrogen and oxygen atoms in total. The molecule has 1 rings (SSSR count). The summed E-state index contributed by atoms with van der Waals surface area (Å²) in [6.45, 7) is 5.90. The number of nitrogens with two attached hydrogens (primary N) is 1. The molecule has 0 saturated carbocycles. The first-order valence-electron chi connectivity index (χ1n) is 5.14. The topological polar surface area (TPSA) is 72.9 Å². The number of hydrogen-bond acceptors (Lipinski definition) is 4. The fourth-order valence-electron chi connectivity index (χ4n) is 1.30. The van der Waals surface area contributed by atoms with Crippen LogP contribution in [0.1, 0.15) is 13.8 Å². The second-order valence-corrected chi connectivity index (χ2v) is 3.84. The summed E-state index contributed by atoms with van der Waals surface area (Å²) in [7, 11) is 0. The molecule has 1 heterocycles. The highest BCUT2D eigenvalue weighted by molar-refractivity contribution is 5.30. The van der Waals surface area contributed by atoms with Gasteiger partial charge in [0.1, 0.15) is 0 Å². The summed E-state index contributed by atoms with van der Waals surface area (Å²) in [4.78, 5) is 15.8. The number of nitrogens with one attached hydrogen (secondary N) is 1. The molecule has 0 amide bonds. The van der Waals surface area contributed by atoms with Crippen LogP contribution in [0.25, 0.3) is 0 Å². The zero-order chi connectivity index (χ0) is 11.3. The molecule has 0 saturated heterocycles. The molecule has 0 aliphatic heterocycles. The van der Waals surface area contributed by atoms with Crippen molar-refractivity contribution in [1.82, 2.24) is 9.55 Å². The first kappa shape index (κ1) is 11.7. The van der Waals surface area contributed by atoms with E-state index in [1.165, 1.54) is 0 Å². The van der Waals surface area contributed by atoms with Gasteiger partial charge >= 0.3 is 0 Å². The Morgan fingerprint density at radius 1 is 1.60 bits per heavy atom. The maximum atomic E-state index is 11.8. The average molecular weight is 210 g/mol. The van der Waals surface area contributed by atoms with E-state index in [0.717, 1.165) is 0 Å². The summed E-state index contributed by atoms with van der Waals surface area (Å²) in [6.07, 6.45) is 3.33.